The highest BCUT2D eigenvalue weighted by Crippen LogP contribution is 2.37. The minimum Gasteiger partial charge on any atom is -0.354 e. The molecule has 0 fully saturated rings. The van der Waals surface area contributed by atoms with Gasteiger partial charge in [-0.05, 0) is 98.5 Å². The number of nitrogens with zero attached hydrogens (tertiary/aromatic N) is 6. The topological polar surface area (TPSA) is 72.9 Å². The summed E-state index contributed by atoms with van der Waals surface area (Å²) in [5.74, 6) is 0. The molecule has 0 aliphatic carbocycles. The van der Waals surface area contributed by atoms with E-state index in [4.69, 9.17) is 9.97 Å². The van der Waals surface area contributed by atoms with Crippen LogP contribution in [0.25, 0.3) is 91.4 Å². The van der Waals surface area contributed by atoms with E-state index >= 15 is 0 Å². The number of unbranched alkanes of at least 4 members (excludes halogenated alkanes) is 4. The number of halogens is 12. The highest BCUT2D eigenvalue weighted by molar-refractivity contribution is 5.97. The Hall–Kier alpha value is -7.64. The lowest BCUT2D eigenvalue weighted by atomic mass is 10.1. The van der Waals surface area contributed by atoms with Crippen molar-refractivity contribution in [2.45, 2.75) is 128 Å². The van der Waals surface area contributed by atoms with Gasteiger partial charge in [-0.2, -0.15) is 71.0 Å². The van der Waals surface area contributed by atoms with Crippen LogP contribution in [-0.4, -0.2) is 44.6 Å². The molecule has 80 heavy (non-hydrogen) atoms. The lowest BCUT2D eigenvalue weighted by Gasteiger charge is -2.09. The number of alkyl halides is 12. The molecule has 0 saturated carbocycles. The summed E-state index contributed by atoms with van der Waals surface area (Å²) in [6.45, 7) is 0.895. The molecule has 0 atom stereocenters. The van der Waals surface area contributed by atoms with Crippen molar-refractivity contribution in [3.8, 4) is 45.0 Å². The van der Waals surface area contributed by atoms with Crippen LogP contribution in [0.3, 0.4) is 0 Å². The van der Waals surface area contributed by atoms with Crippen LogP contribution in [0, 0.1) is 0 Å². The predicted octanol–water partition coefficient (Wildman–Crippen LogP) is 15.4. The largest absolute Gasteiger partial charge is 0.389 e. The third-order valence-electron chi connectivity index (χ3n) is 14.0. The first-order chi connectivity index (χ1) is 38.2. The van der Waals surface area contributed by atoms with E-state index in [0.29, 0.717) is 89.9 Å². The Bertz CT molecular complexity index is 3100. The van der Waals surface area contributed by atoms with Gasteiger partial charge < -0.3 is 9.97 Å². The summed E-state index contributed by atoms with van der Waals surface area (Å²) in [4.78, 5) is 18.0. The maximum Gasteiger partial charge on any atom is 0.389 e. The Labute approximate surface area is 453 Å². The molecular weight excluding hydrogens is 1060 g/mol. The molecule has 0 amide bonds. The average Bonchev–Trinajstić information content (AvgIpc) is 4.26. The maximum atomic E-state index is 13.4. The second-order valence-electron chi connectivity index (χ2n) is 19.9. The minimum absolute atomic E-state index is 0.110. The van der Waals surface area contributed by atoms with E-state index in [2.05, 4.69) is 9.97 Å². The van der Waals surface area contributed by atoms with Gasteiger partial charge >= 0.3 is 24.7 Å². The van der Waals surface area contributed by atoms with Crippen molar-refractivity contribution in [3.05, 3.63) is 145 Å². The molecule has 9 rings (SSSR count). The van der Waals surface area contributed by atoms with Crippen molar-refractivity contribution >= 4 is 46.4 Å². The van der Waals surface area contributed by atoms with Gasteiger partial charge in [-0.3, -0.25) is 0 Å². The molecule has 20 heteroatoms. The zero-order valence-electron chi connectivity index (χ0n) is 43.4. The van der Waals surface area contributed by atoms with E-state index in [1.165, 1.54) is 0 Å². The number of aryl methyl sites for hydroxylation is 4. The van der Waals surface area contributed by atoms with Gasteiger partial charge in [-0.1, -0.05) is 0 Å². The summed E-state index contributed by atoms with van der Waals surface area (Å²) < 4.78 is 168. The number of nitrogens with one attached hydrogen (secondary N) is 2. The second-order valence-corrected chi connectivity index (χ2v) is 19.9. The summed E-state index contributed by atoms with van der Waals surface area (Å²) in [7, 11) is 0. The van der Waals surface area contributed by atoms with E-state index in [1.807, 2.05) is 115 Å². The molecule has 0 unspecified atom stereocenters. The molecule has 7 aromatic heterocycles. The van der Waals surface area contributed by atoms with Crippen LogP contribution in [0.1, 0.15) is 99.8 Å². The summed E-state index contributed by atoms with van der Waals surface area (Å²) >= 11 is 0. The number of fused-ring (bicyclic) bond motifs is 8. The highest BCUT2D eigenvalue weighted by atomic mass is 19.4. The monoisotopic (exact) mass is 1120 g/mol. The van der Waals surface area contributed by atoms with E-state index in [9.17, 15) is 52.7 Å². The molecule has 9 heterocycles. The van der Waals surface area contributed by atoms with Gasteiger partial charge in [-0.15, -0.1) is 0 Å². The first-order valence-electron chi connectivity index (χ1n) is 26.6. The Kier molecular flexibility index (Phi) is 17.4. The van der Waals surface area contributed by atoms with Crippen LogP contribution in [0.15, 0.2) is 122 Å². The third-order valence-corrected chi connectivity index (χ3v) is 14.0. The van der Waals surface area contributed by atoms with E-state index in [1.54, 1.807) is 49.1 Å². The van der Waals surface area contributed by atoms with Gasteiger partial charge in [0.1, 0.15) is 26.2 Å². The Morgan fingerprint density at radius 2 is 0.525 bits per heavy atom. The van der Waals surface area contributed by atoms with Crippen LogP contribution in [0.4, 0.5) is 52.7 Å². The number of hydrogen-bond acceptors (Lipinski definition) is 2. The van der Waals surface area contributed by atoms with E-state index in [0.717, 1.165) is 0 Å². The van der Waals surface area contributed by atoms with Crippen LogP contribution in [-0.2, 0) is 26.2 Å². The molecule has 0 spiro atoms. The lowest BCUT2D eigenvalue weighted by Crippen LogP contribution is -2.36. The molecule has 0 aromatic carbocycles. The van der Waals surface area contributed by atoms with Crippen molar-refractivity contribution in [2.24, 2.45) is 0 Å². The van der Waals surface area contributed by atoms with Gasteiger partial charge in [0, 0.05) is 99.9 Å². The molecule has 7 aromatic rings. The Balaban J connectivity index is 1.35. The standard InChI is InChI=1S/C60H57F12N8/c61-57(62,63)29-5-13-37-77-33-9-1-17-49(77)53-41-21-23-43(73-41)54(50-18-2-10-34-78(50)38-14-6-30-58(64,65)66)45-25-27-47(75-45)56(52-20-4-12-36-80(52)40-16-8-32-60(70,71)72)48-28-26-46(76-48)55(44-24-22-42(53)74-44)51-19-3-11-35-79(51)39-15-7-31-59(67,68)69/h1-4,9-12,17-28,33-36H,5-8,13-16,29-32,37-40H2,(H,73,74,75,76)/q+3/p+1. The second kappa shape index (κ2) is 24.4. The lowest BCUT2D eigenvalue weighted by molar-refractivity contribution is -0.686. The predicted molar refractivity (Wildman–Crippen MR) is 281 cm³/mol. The van der Waals surface area contributed by atoms with Gasteiger partial charge in [0.2, 0.25) is 22.8 Å². The van der Waals surface area contributed by atoms with Crippen molar-refractivity contribution in [2.75, 3.05) is 0 Å². The maximum absolute atomic E-state index is 13.4. The average molecular weight is 1120 g/mol. The number of H-pyrrole nitrogens is 2. The quantitative estimate of drug-likeness (QED) is 0.0453. The number of rotatable bonds is 20. The van der Waals surface area contributed by atoms with Crippen molar-refractivity contribution in [1.29, 1.82) is 0 Å². The molecule has 2 aliphatic rings. The van der Waals surface area contributed by atoms with E-state index in [-0.39, 0.29) is 77.5 Å². The molecular formula is C60H58F12N8+4. The zero-order valence-corrected chi connectivity index (χ0v) is 43.4. The highest BCUT2D eigenvalue weighted by Gasteiger charge is 2.32. The summed E-state index contributed by atoms with van der Waals surface area (Å²) in [6, 6.07) is 29.2. The first-order valence-corrected chi connectivity index (χ1v) is 26.6. The molecule has 8 nitrogen and oxygen atoms in total. The number of aromatic amines is 2. The number of aromatic nitrogens is 8. The zero-order chi connectivity index (χ0) is 56.7. The Morgan fingerprint density at radius 1 is 0.300 bits per heavy atom. The van der Waals surface area contributed by atoms with Crippen molar-refractivity contribution in [1.82, 2.24) is 19.9 Å². The smallest absolute Gasteiger partial charge is 0.354 e. The third kappa shape index (κ3) is 14.6. The number of pyridine rings is 4. The summed E-state index contributed by atoms with van der Waals surface area (Å²) in [5.41, 5.74) is 8.83. The molecule has 8 bridgehead atoms. The van der Waals surface area contributed by atoms with Crippen molar-refractivity contribution in [3.63, 3.8) is 0 Å². The van der Waals surface area contributed by atoms with E-state index < -0.39 is 50.4 Å². The fraction of sp³-hybridized carbons (Fsp3) is 0.333. The molecule has 2 N–H and O–H groups in total. The molecule has 0 saturated heterocycles. The van der Waals surface area contributed by atoms with Crippen LogP contribution < -0.4 is 18.3 Å². The van der Waals surface area contributed by atoms with Gasteiger partial charge in [-0.25, -0.2) is 9.97 Å². The minimum atomic E-state index is -4.33. The van der Waals surface area contributed by atoms with Crippen molar-refractivity contribution < 1.29 is 71.0 Å². The van der Waals surface area contributed by atoms with Gasteiger partial charge in [0.25, 0.3) is 0 Å². The summed E-state index contributed by atoms with van der Waals surface area (Å²) in [5, 5.41) is 0. The molecule has 418 valence electrons. The fourth-order valence-corrected chi connectivity index (χ4v) is 10.3. The van der Waals surface area contributed by atoms with Crippen LogP contribution >= 0.6 is 0 Å². The van der Waals surface area contributed by atoms with Crippen LogP contribution in [0.2, 0.25) is 0 Å². The van der Waals surface area contributed by atoms with Crippen LogP contribution in [0.5, 0.6) is 0 Å². The molecule has 2 aliphatic heterocycles. The Morgan fingerprint density at radius 3 is 0.738 bits per heavy atom. The molecule has 0 radical (unpaired) electrons. The van der Waals surface area contributed by atoms with Gasteiger partial charge in [0.05, 0.1) is 67.1 Å². The SMILES string of the molecule is FC(F)(F)CCCC[n+]1ccccc1-c1c2nc(c(-c3cccc[n+]3CCCCC(F)(F)F)c3ccc([nH]3)c(-c3cccc[n+]3CCCCC(F)(F)F)c3nc(c(-c4cccc[n+]4CCCCC(F)(F)F)c4ccc1[nH]4)C=C3)C=C2. The fourth-order valence-electron chi connectivity index (χ4n) is 10.3. The normalized spacial score (nSPS) is 12.9. The summed E-state index contributed by atoms with van der Waals surface area (Å²) in [6.07, 6.45) is -6.28. The van der Waals surface area contributed by atoms with Gasteiger partial charge in [0.15, 0.2) is 24.8 Å². The number of hydrogen-bond donors (Lipinski definition) is 2. The first kappa shape index (κ1) is 57.1.